The highest BCUT2D eigenvalue weighted by molar-refractivity contribution is 7.18. The second-order valence-electron chi connectivity index (χ2n) is 8.38. The van der Waals surface area contributed by atoms with Crippen molar-refractivity contribution in [2.24, 2.45) is 5.92 Å². The largest absolute Gasteiger partial charge is 0.380 e. The van der Waals surface area contributed by atoms with Gasteiger partial charge in [0.25, 0.3) is 0 Å². The first-order valence-corrected chi connectivity index (χ1v) is 11.7. The fourth-order valence-electron chi connectivity index (χ4n) is 3.74. The molecule has 7 nitrogen and oxygen atoms in total. The molecular weight excluding hydrogens is 441 g/mol. The smallest absolute Gasteiger partial charge is 0.236 e. The molecule has 9 heteroatoms. The molecule has 1 atom stereocenters. The Kier molecular flexibility index (Phi) is 7.64. The van der Waals surface area contributed by atoms with E-state index in [4.69, 9.17) is 4.74 Å². The number of likely N-dealkylation sites (N-methyl/N-ethyl adjacent to an activating group) is 1. The zero-order chi connectivity index (χ0) is 23.2. The Balaban J connectivity index is 1.38. The third-order valence-corrected chi connectivity index (χ3v) is 6.46. The number of benzene rings is 1. The van der Waals surface area contributed by atoms with E-state index in [2.05, 4.69) is 20.2 Å². The van der Waals surface area contributed by atoms with Crippen LogP contribution in [0.25, 0.3) is 10.4 Å². The maximum absolute atomic E-state index is 13.2. The number of ether oxygens (including phenoxy) is 1. The Morgan fingerprint density at radius 1 is 1.27 bits per heavy atom. The number of halogens is 1. The van der Waals surface area contributed by atoms with Crippen molar-refractivity contribution < 1.29 is 13.9 Å². The van der Waals surface area contributed by atoms with Gasteiger partial charge in [0.2, 0.25) is 5.91 Å². The second-order valence-corrected chi connectivity index (χ2v) is 9.41. The summed E-state index contributed by atoms with van der Waals surface area (Å²) in [6.45, 7) is 3.31. The maximum Gasteiger partial charge on any atom is 0.236 e. The molecule has 1 amide bonds. The van der Waals surface area contributed by atoms with Crippen LogP contribution in [0.15, 0.2) is 48.8 Å². The number of rotatable bonds is 7. The molecule has 3 heterocycles. The Labute approximate surface area is 197 Å². The average Bonchev–Trinajstić information content (AvgIpc) is 3.14. The normalized spacial score (nSPS) is 16.9. The van der Waals surface area contributed by atoms with Gasteiger partial charge in [-0.3, -0.25) is 9.69 Å². The number of carbonyl (C=O) groups is 1. The quantitative estimate of drug-likeness (QED) is 0.570. The molecule has 1 saturated heterocycles. The molecule has 1 unspecified atom stereocenters. The zero-order valence-corrected chi connectivity index (χ0v) is 19.6. The summed E-state index contributed by atoms with van der Waals surface area (Å²) in [7, 11) is 3.56. The molecule has 0 bridgehead atoms. The molecule has 174 valence electrons. The fourth-order valence-corrected chi connectivity index (χ4v) is 4.57. The molecule has 33 heavy (non-hydrogen) atoms. The molecule has 2 aromatic heterocycles. The molecule has 0 spiro atoms. The number of amides is 1. The third kappa shape index (κ3) is 6.56. The van der Waals surface area contributed by atoms with Crippen LogP contribution in [0.1, 0.15) is 5.56 Å². The Morgan fingerprint density at radius 3 is 2.88 bits per heavy atom. The predicted octanol–water partition coefficient (Wildman–Crippen LogP) is 3.67. The van der Waals surface area contributed by atoms with Gasteiger partial charge in [-0.2, -0.15) is 0 Å². The summed E-state index contributed by atoms with van der Waals surface area (Å²) >= 11 is 1.49. The number of hydrogen-bond acceptors (Lipinski definition) is 7. The van der Waals surface area contributed by atoms with E-state index in [9.17, 15) is 9.18 Å². The van der Waals surface area contributed by atoms with Crippen LogP contribution in [-0.4, -0.2) is 72.6 Å². The van der Waals surface area contributed by atoms with Crippen LogP contribution in [-0.2, 0) is 16.0 Å². The van der Waals surface area contributed by atoms with Crippen molar-refractivity contribution in [3.05, 3.63) is 60.2 Å². The number of carbonyl (C=O) groups excluding carboxylic acids is 1. The Morgan fingerprint density at radius 2 is 2.09 bits per heavy atom. The van der Waals surface area contributed by atoms with Crippen LogP contribution in [0.4, 0.5) is 15.3 Å². The molecular formula is C24H28FN5O2S. The van der Waals surface area contributed by atoms with Crippen molar-refractivity contribution in [3.63, 3.8) is 0 Å². The van der Waals surface area contributed by atoms with E-state index in [-0.39, 0.29) is 11.7 Å². The third-order valence-electron chi connectivity index (χ3n) is 5.50. The molecule has 0 aliphatic carbocycles. The SMILES string of the molecule is CN(C)C(=O)CN1CCOCC(Cc2ccnc(Nc3ncc(-c4ccc(F)cc4)s3)c2)C1. The Bertz CT molecular complexity index is 1070. The number of nitrogens with zero attached hydrogens (tertiary/aromatic N) is 4. The van der Waals surface area contributed by atoms with Crippen LogP contribution >= 0.6 is 11.3 Å². The lowest BCUT2D eigenvalue weighted by atomic mass is 10.00. The first-order valence-electron chi connectivity index (χ1n) is 10.9. The van der Waals surface area contributed by atoms with Crippen molar-refractivity contribution >= 4 is 28.2 Å². The molecule has 3 aromatic rings. The first-order chi connectivity index (χ1) is 16.0. The standard InChI is InChI=1S/C24H28FN5O2S/c1-29(2)23(31)15-30-9-10-32-16-18(14-30)11-17-7-8-26-22(12-17)28-24-27-13-21(33-24)19-3-5-20(25)6-4-19/h3-8,12-13,18H,9-11,14-16H2,1-2H3,(H,26,27,28). The molecule has 1 aromatic carbocycles. The lowest BCUT2D eigenvalue weighted by Gasteiger charge is -2.24. The maximum atomic E-state index is 13.2. The van der Waals surface area contributed by atoms with Gasteiger partial charge in [0.1, 0.15) is 11.6 Å². The minimum Gasteiger partial charge on any atom is -0.380 e. The van der Waals surface area contributed by atoms with E-state index in [0.29, 0.717) is 25.7 Å². The van der Waals surface area contributed by atoms with Crippen molar-refractivity contribution in [2.45, 2.75) is 6.42 Å². The number of hydrogen-bond donors (Lipinski definition) is 1. The van der Waals surface area contributed by atoms with Crippen molar-refractivity contribution in [2.75, 3.05) is 52.3 Å². The van der Waals surface area contributed by atoms with Gasteiger partial charge >= 0.3 is 0 Å². The molecule has 1 aliphatic heterocycles. The molecule has 0 radical (unpaired) electrons. The molecule has 1 aliphatic rings. The van der Waals surface area contributed by atoms with Crippen LogP contribution in [0.5, 0.6) is 0 Å². The van der Waals surface area contributed by atoms with E-state index < -0.39 is 0 Å². The number of aromatic nitrogens is 2. The van der Waals surface area contributed by atoms with Gasteiger partial charge in [0, 0.05) is 39.6 Å². The summed E-state index contributed by atoms with van der Waals surface area (Å²) in [5, 5.41) is 4.00. The summed E-state index contributed by atoms with van der Waals surface area (Å²) in [6.07, 6.45) is 4.40. The highest BCUT2D eigenvalue weighted by atomic mass is 32.1. The van der Waals surface area contributed by atoms with Gasteiger partial charge in [0.15, 0.2) is 5.13 Å². The minimum atomic E-state index is -0.255. The van der Waals surface area contributed by atoms with Gasteiger partial charge in [-0.1, -0.05) is 23.5 Å². The monoisotopic (exact) mass is 469 g/mol. The van der Waals surface area contributed by atoms with Crippen LogP contribution in [0.2, 0.25) is 0 Å². The van der Waals surface area contributed by atoms with Crippen molar-refractivity contribution in [3.8, 4) is 10.4 Å². The van der Waals surface area contributed by atoms with E-state index in [1.165, 1.54) is 23.5 Å². The van der Waals surface area contributed by atoms with Crippen LogP contribution < -0.4 is 5.32 Å². The summed E-state index contributed by atoms with van der Waals surface area (Å²) in [6, 6.07) is 10.4. The van der Waals surface area contributed by atoms with Gasteiger partial charge in [0.05, 0.1) is 24.6 Å². The number of pyridine rings is 1. The highest BCUT2D eigenvalue weighted by Gasteiger charge is 2.21. The summed E-state index contributed by atoms with van der Waals surface area (Å²) in [5.74, 6) is 0.868. The molecule has 0 saturated carbocycles. The van der Waals surface area contributed by atoms with E-state index in [0.717, 1.165) is 46.5 Å². The van der Waals surface area contributed by atoms with Gasteiger partial charge in [-0.05, 0) is 47.7 Å². The van der Waals surface area contributed by atoms with Crippen LogP contribution in [0, 0.1) is 11.7 Å². The molecule has 1 N–H and O–H groups in total. The fraction of sp³-hybridized carbons (Fsp3) is 0.375. The summed E-state index contributed by atoms with van der Waals surface area (Å²) in [5.41, 5.74) is 2.08. The van der Waals surface area contributed by atoms with Gasteiger partial charge < -0.3 is 15.0 Å². The summed E-state index contributed by atoms with van der Waals surface area (Å²) in [4.78, 5) is 25.7. The lowest BCUT2D eigenvalue weighted by molar-refractivity contribution is -0.130. The van der Waals surface area contributed by atoms with E-state index in [1.807, 2.05) is 12.1 Å². The molecule has 4 rings (SSSR count). The van der Waals surface area contributed by atoms with E-state index in [1.54, 1.807) is 43.5 Å². The lowest BCUT2D eigenvalue weighted by Crippen LogP contribution is -2.39. The second kappa shape index (κ2) is 10.8. The van der Waals surface area contributed by atoms with Crippen LogP contribution in [0.3, 0.4) is 0 Å². The minimum absolute atomic E-state index is 0.106. The van der Waals surface area contributed by atoms with Gasteiger partial charge in [-0.15, -0.1) is 0 Å². The topological polar surface area (TPSA) is 70.6 Å². The van der Waals surface area contributed by atoms with Crippen molar-refractivity contribution in [1.29, 1.82) is 0 Å². The first kappa shape index (κ1) is 23.3. The highest BCUT2D eigenvalue weighted by Crippen LogP contribution is 2.30. The zero-order valence-electron chi connectivity index (χ0n) is 18.8. The predicted molar refractivity (Wildman–Crippen MR) is 128 cm³/mol. The number of anilines is 2. The number of thiazole rings is 1. The van der Waals surface area contributed by atoms with E-state index >= 15 is 0 Å². The average molecular weight is 470 g/mol. The molecule has 1 fully saturated rings. The summed E-state index contributed by atoms with van der Waals surface area (Å²) < 4.78 is 19.0. The van der Waals surface area contributed by atoms with Gasteiger partial charge in [-0.25, -0.2) is 14.4 Å². The number of nitrogens with one attached hydrogen (secondary N) is 1. The van der Waals surface area contributed by atoms with Crippen molar-refractivity contribution in [1.82, 2.24) is 19.8 Å². The Hall–Kier alpha value is -2.88.